The number of amides is 1. The van der Waals surface area contributed by atoms with Gasteiger partial charge in [-0.3, -0.25) is 9.48 Å². The highest BCUT2D eigenvalue weighted by molar-refractivity contribution is 5.94. The zero-order valence-electron chi connectivity index (χ0n) is 11.1. The van der Waals surface area contributed by atoms with Gasteiger partial charge in [0.2, 0.25) is 0 Å². The van der Waals surface area contributed by atoms with Crippen LogP contribution in [0.1, 0.15) is 21.5 Å². The van der Waals surface area contributed by atoms with E-state index < -0.39 is 23.3 Å². The molecule has 1 aromatic carbocycles. The maximum absolute atomic E-state index is 12.7. The number of alkyl halides is 3. The molecule has 0 fully saturated rings. The van der Waals surface area contributed by atoms with E-state index in [1.54, 1.807) is 24.1 Å². The van der Waals surface area contributed by atoms with Crippen LogP contribution >= 0.6 is 0 Å². The Morgan fingerprint density at radius 2 is 2.14 bits per heavy atom. The number of nitrogens with one attached hydrogen (secondary N) is 1. The van der Waals surface area contributed by atoms with Gasteiger partial charge < -0.3 is 11.1 Å². The number of nitrogens with zero attached hydrogens (tertiary/aromatic N) is 2. The van der Waals surface area contributed by atoms with Crippen molar-refractivity contribution < 1.29 is 18.0 Å². The number of nitrogen functional groups attached to an aromatic ring is 1. The van der Waals surface area contributed by atoms with Crippen LogP contribution < -0.4 is 11.1 Å². The largest absolute Gasteiger partial charge is 0.418 e. The Hall–Kier alpha value is -2.51. The van der Waals surface area contributed by atoms with Crippen molar-refractivity contribution in [3.63, 3.8) is 0 Å². The summed E-state index contributed by atoms with van der Waals surface area (Å²) in [5, 5.41) is 6.45. The second-order valence-electron chi connectivity index (χ2n) is 4.50. The molecule has 0 aliphatic rings. The van der Waals surface area contributed by atoms with Gasteiger partial charge in [-0.2, -0.15) is 18.3 Å². The third kappa shape index (κ3) is 3.53. The lowest BCUT2D eigenvalue weighted by Gasteiger charge is -2.11. The predicted molar refractivity (Wildman–Crippen MR) is 70.2 cm³/mol. The molecule has 0 radical (unpaired) electrons. The number of nitrogens with two attached hydrogens (primary N) is 1. The van der Waals surface area contributed by atoms with E-state index in [9.17, 15) is 18.0 Å². The second kappa shape index (κ2) is 5.47. The summed E-state index contributed by atoms with van der Waals surface area (Å²) < 4.78 is 39.7. The fraction of sp³-hybridized carbons (Fsp3) is 0.231. The van der Waals surface area contributed by atoms with E-state index in [0.29, 0.717) is 0 Å². The number of rotatable bonds is 3. The van der Waals surface area contributed by atoms with Crippen molar-refractivity contribution in [1.82, 2.24) is 15.1 Å². The summed E-state index contributed by atoms with van der Waals surface area (Å²) >= 11 is 0. The van der Waals surface area contributed by atoms with E-state index in [1.807, 2.05) is 0 Å². The van der Waals surface area contributed by atoms with E-state index >= 15 is 0 Å². The van der Waals surface area contributed by atoms with E-state index in [4.69, 9.17) is 5.73 Å². The fourth-order valence-electron chi connectivity index (χ4n) is 1.79. The number of hydrogen-bond donors (Lipinski definition) is 2. The first-order valence-corrected chi connectivity index (χ1v) is 6.00. The lowest BCUT2D eigenvalue weighted by atomic mass is 10.1. The van der Waals surface area contributed by atoms with Crippen LogP contribution in [-0.4, -0.2) is 15.7 Å². The standard InChI is InChI=1S/C13H13F3N4O/c1-20-7-8(6-19-20)5-18-12(21)9-2-3-11(17)10(4-9)13(14,15)16/h2-4,6-7H,5,17H2,1H3,(H,18,21). The normalized spacial score (nSPS) is 11.4. The van der Waals surface area contributed by atoms with Crippen molar-refractivity contribution in [2.24, 2.45) is 7.05 Å². The molecule has 0 saturated carbocycles. The molecule has 2 rings (SSSR count). The van der Waals surface area contributed by atoms with Gasteiger partial charge in [-0.15, -0.1) is 0 Å². The first-order valence-electron chi connectivity index (χ1n) is 6.00. The van der Waals surface area contributed by atoms with E-state index in [2.05, 4.69) is 10.4 Å². The van der Waals surface area contributed by atoms with E-state index in [0.717, 1.165) is 17.7 Å². The van der Waals surface area contributed by atoms with Gasteiger partial charge in [0.1, 0.15) is 0 Å². The number of aromatic nitrogens is 2. The number of anilines is 1. The smallest absolute Gasteiger partial charge is 0.398 e. The molecule has 0 spiro atoms. The molecule has 2 aromatic rings. The molecule has 3 N–H and O–H groups in total. The van der Waals surface area contributed by atoms with Crippen LogP contribution in [-0.2, 0) is 19.8 Å². The Balaban J connectivity index is 2.12. The molecule has 0 saturated heterocycles. The van der Waals surface area contributed by atoms with Crippen molar-refractivity contribution in [2.45, 2.75) is 12.7 Å². The second-order valence-corrected chi connectivity index (χ2v) is 4.50. The molecule has 5 nitrogen and oxygen atoms in total. The molecular formula is C13H13F3N4O. The predicted octanol–water partition coefficient (Wildman–Crippen LogP) is 1.95. The van der Waals surface area contributed by atoms with Crippen LogP contribution in [0.15, 0.2) is 30.6 Å². The third-order valence-corrected chi connectivity index (χ3v) is 2.83. The van der Waals surface area contributed by atoms with Crippen LogP contribution in [0.25, 0.3) is 0 Å². The average molecular weight is 298 g/mol. The topological polar surface area (TPSA) is 72.9 Å². The number of hydrogen-bond acceptors (Lipinski definition) is 3. The zero-order valence-corrected chi connectivity index (χ0v) is 11.1. The van der Waals surface area contributed by atoms with Gasteiger partial charge in [0.25, 0.3) is 5.91 Å². The molecule has 21 heavy (non-hydrogen) atoms. The monoisotopic (exact) mass is 298 g/mol. The minimum atomic E-state index is -4.59. The summed E-state index contributed by atoms with van der Waals surface area (Å²) in [6.45, 7) is 0.179. The SMILES string of the molecule is Cn1cc(CNC(=O)c2ccc(N)c(C(F)(F)F)c2)cn1. The van der Waals surface area contributed by atoms with Crippen molar-refractivity contribution in [1.29, 1.82) is 0 Å². The summed E-state index contributed by atoms with van der Waals surface area (Å²) in [6.07, 6.45) is -1.33. The van der Waals surface area contributed by atoms with Gasteiger partial charge in [-0.1, -0.05) is 0 Å². The Morgan fingerprint density at radius 3 is 2.71 bits per heavy atom. The molecule has 8 heteroatoms. The van der Waals surface area contributed by atoms with Gasteiger partial charge >= 0.3 is 6.18 Å². The van der Waals surface area contributed by atoms with Crippen LogP contribution in [0.5, 0.6) is 0 Å². The van der Waals surface area contributed by atoms with Crippen LogP contribution in [0.3, 0.4) is 0 Å². The third-order valence-electron chi connectivity index (χ3n) is 2.83. The van der Waals surface area contributed by atoms with Gasteiger partial charge in [0.15, 0.2) is 0 Å². The van der Waals surface area contributed by atoms with Crippen molar-refractivity contribution in [3.05, 3.63) is 47.3 Å². The van der Waals surface area contributed by atoms with Gasteiger partial charge in [0.05, 0.1) is 11.8 Å². The number of carbonyl (C=O) groups is 1. The number of aryl methyl sites for hydroxylation is 1. The summed E-state index contributed by atoms with van der Waals surface area (Å²) in [7, 11) is 1.72. The maximum atomic E-state index is 12.7. The zero-order chi connectivity index (χ0) is 15.6. The summed E-state index contributed by atoms with van der Waals surface area (Å²) in [5.74, 6) is -0.607. The van der Waals surface area contributed by atoms with Crippen LogP contribution in [0.2, 0.25) is 0 Å². The summed E-state index contributed by atoms with van der Waals surface area (Å²) in [6, 6.07) is 3.07. The van der Waals surface area contributed by atoms with Crippen LogP contribution in [0, 0.1) is 0 Å². The Bertz CT molecular complexity index is 664. The average Bonchev–Trinajstić information content (AvgIpc) is 2.81. The summed E-state index contributed by atoms with van der Waals surface area (Å²) in [4.78, 5) is 11.9. The number of halogens is 3. The quantitative estimate of drug-likeness (QED) is 0.851. The molecule has 0 atom stereocenters. The molecule has 1 aromatic heterocycles. The highest BCUT2D eigenvalue weighted by Gasteiger charge is 2.33. The molecule has 0 aliphatic carbocycles. The fourth-order valence-corrected chi connectivity index (χ4v) is 1.79. The van der Waals surface area contributed by atoms with Crippen LogP contribution in [0.4, 0.5) is 18.9 Å². The molecule has 0 unspecified atom stereocenters. The van der Waals surface area contributed by atoms with Crippen molar-refractivity contribution >= 4 is 11.6 Å². The molecule has 0 bridgehead atoms. The minimum Gasteiger partial charge on any atom is -0.398 e. The van der Waals surface area contributed by atoms with E-state index in [-0.39, 0.29) is 12.1 Å². The highest BCUT2D eigenvalue weighted by atomic mass is 19.4. The molecule has 1 heterocycles. The lowest BCUT2D eigenvalue weighted by Crippen LogP contribution is -2.23. The van der Waals surface area contributed by atoms with Gasteiger partial charge in [0, 0.05) is 36.6 Å². The first kappa shape index (κ1) is 14.9. The van der Waals surface area contributed by atoms with Gasteiger partial charge in [-0.05, 0) is 18.2 Å². The van der Waals surface area contributed by atoms with Crippen molar-refractivity contribution in [2.75, 3.05) is 5.73 Å². The molecule has 112 valence electrons. The molecule has 1 amide bonds. The summed E-state index contributed by atoms with van der Waals surface area (Å²) in [5.41, 5.74) is 4.50. The number of benzene rings is 1. The molecule has 0 aliphatic heterocycles. The molecular weight excluding hydrogens is 285 g/mol. The van der Waals surface area contributed by atoms with Gasteiger partial charge in [-0.25, -0.2) is 0 Å². The Kier molecular flexibility index (Phi) is 3.88. The Morgan fingerprint density at radius 1 is 1.43 bits per heavy atom. The lowest BCUT2D eigenvalue weighted by molar-refractivity contribution is -0.136. The number of carbonyl (C=O) groups excluding carboxylic acids is 1. The Labute approximate surface area is 118 Å². The van der Waals surface area contributed by atoms with E-state index in [1.165, 1.54) is 6.07 Å². The van der Waals surface area contributed by atoms with Crippen molar-refractivity contribution in [3.8, 4) is 0 Å². The maximum Gasteiger partial charge on any atom is 0.418 e. The first-order chi connectivity index (χ1) is 9.77. The minimum absolute atomic E-state index is 0.0968. The highest BCUT2D eigenvalue weighted by Crippen LogP contribution is 2.33.